The number of aliphatic hydroxyl groups is 1. The largest absolute Gasteiger partial charge is 0.393 e. The molecule has 4 aliphatic carbocycles. The summed E-state index contributed by atoms with van der Waals surface area (Å²) in [7, 11) is 0. The molecule has 1 nitrogen and oxygen atoms in total. The van der Waals surface area contributed by atoms with Crippen LogP contribution in [-0.2, 0) is 0 Å². The Morgan fingerprint density at radius 2 is 1.69 bits per heavy atom. The fraction of sp³-hybridized carbons (Fsp3) is 0.886. The quantitative estimate of drug-likeness (QED) is 0.248. The fourth-order valence-corrected chi connectivity index (χ4v) is 10.6. The van der Waals surface area contributed by atoms with Crippen molar-refractivity contribution in [1.82, 2.24) is 0 Å². The van der Waals surface area contributed by atoms with Crippen molar-refractivity contribution in [3.8, 4) is 0 Å². The maximum Gasteiger partial charge on any atom is 0.0597 e. The van der Waals surface area contributed by atoms with Crippen LogP contribution in [0.5, 0.6) is 0 Å². The number of allylic oxidation sites excluding steroid dienone is 4. The van der Waals surface area contributed by atoms with Gasteiger partial charge in [-0.05, 0) is 124 Å². The second-order valence-corrected chi connectivity index (χ2v) is 15.1. The van der Waals surface area contributed by atoms with Crippen molar-refractivity contribution in [1.29, 1.82) is 0 Å². The monoisotopic (exact) mass is 496 g/mol. The van der Waals surface area contributed by atoms with Gasteiger partial charge in [0.05, 0.1) is 6.10 Å². The molecule has 0 aromatic heterocycles. The highest BCUT2D eigenvalue weighted by Gasteiger charge is 2.63. The number of fused-ring (bicyclic) bond motifs is 4. The van der Waals surface area contributed by atoms with Crippen LogP contribution in [0, 0.1) is 39.4 Å². The molecule has 1 N–H and O–H groups in total. The molecule has 0 radical (unpaired) electrons. The van der Waals surface area contributed by atoms with Gasteiger partial charge in [0.15, 0.2) is 0 Å². The van der Waals surface area contributed by atoms with Crippen molar-refractivity contribution in [2.45, 2.75) is 158 Å². The van der Waals surface area contributed by atoms with Crippen LogP contribution in [0.1, 0.15) is 152 Å². The molecule has 0 heterocycles. The van der Waals surface area contributed by atoms with E-state index in [0.717, 1.165) is 18.3 Å². The van der Waals surface area contributed by atoms with Gasteiger partial charge in [0, 0.05) is 0 Å². The van der Waals surface area contributed by atoms with Crippen LogP contribution >= 0.6 is 0 Å². The summed E-state index contributed by atoms with van der Waals surface area (Å²) in [6.07, 6.45) is 21.8. The van der Waals surface area contributed by atoms with Crippen LogP contribution in [0.4, 0.5) is 0 Å². The maximum absolute atomic E-state index is 11.4. The minimum Gasteiger partial charge on any atom is -0.393 e. The van der Waals surface area contributed by atoms with Crippen LogP contribution in [0.3, 0.4) is 0 Å². The Balaban J connectivity index is 1.60. The molecule has 8 unspecified atom stereocenters. The fourth-order valence-electron chi connectivity index (χ4n) is 10.6. The van der Waals surface area contributed by atoms with E-state index in [1.807, 2.05) is 11.1 Å². The summed E-state index contributed by atoms with van der Waals surface area (Å²) in [5.41, 5.74) is 6.50. The Labute approximate surface area is 225 Å². The zero-order valence-corrected chi connectivity index (χ0v) is 25.4. The van der Waals surface area contributed by atoms with E-state index in [1.165, 1.54) is 95.5 Å². The van der Waals surface area contributed by atoms with Gasteiger partial charge in [-0.3, -0.25) is 0 Å². The lowest BCUT2D eigenvalue weighted by atomic mass is 9.42. The Bertz CT molecular complexity index is 847. The molecular weight excluding hydrogens is 436 g/mol. The van der Waals surface area contributed by atoms with E-state index in [1.54, 1.807) is 0 Å². The molecule has 4 aliphatic rings. The summed E-state index contributed by atoms with van der Waals surface area (Å²) >= 11 is 0. The highest BCUT2D eigenvalue weighted by Crippen LogP contribution is 2.72. The maximum atomic E-state index is 11.4. The highest BCUT2D eigenvalue weighted by molar-refractivity contribution is 5.38. The second kappa shape index (κ2) is 10.5. The average Bonchev–Trinajstić information content (AvgIpc) is 3.11. The van der Waals surface area contributed by atoms with Crippen molar-refractivity contribution in [2.24, 2.45) is 39.4 Å². The zero-order chi connectivity index (χ0) is 26.4. The van der Waals surface area contributed by atoms with E-state index in [4.69, 9.17) is 0 Å². The molecule has 0 aromatic rings. The van der Waals surface area contributed by atoms with Crippen LogP contribution in [0.15, 0.2) is 22.8 Å². The predicted octanol–water partition coefficient (Wildman–Crippen LogP) is 10.4. The summed E-state index contributed by atoms with van der Waals surface area (Å²) < 4.78 is 0. The molecule has 0 spiro atoms. The molecule has 2 fully saturated rings. The number of hydrogen-bond acceptors (Lipinski definition) is 1. The molecule has 4 rings (SSSR count). The molecule has 1 heteroatoms. The minimum atomic E-state index is -0.110. The number of unbranched alkanes of at least 4 members (excludes halogenated alkanes) is 3. The topological polar surface area (TPSA) is 20.2 Å². The summed E-state index contributed by atoms with van der Waals surface area (Å²) in [5.74, 6) is 2.34. The summed E-state index contributed by atoms with van der Waals surface area (Å²) in [6.45, 7) is 19.9. The molecule has 0 aromatic carbocycles. The molecule has 8 atom stereocenters. The van der Waals surface area contributed by atoms with Gasteiger partial charge in [0.1, 0.15) is 0 Å². The molecular formula is C35H60O. The molecule has 36 heavy (non-hydrogen) atoms. The van der Waals surface area contributed by atoms with E-state index >= 15 is 0 Å². The Hall–Kier alpha value is -0.560. The van der Waals surface area contributed by atoms with Crippen LogP contribution < -0.4 is 0 Å². The lowest BCUT2D eigenvalue weighted by molar-refractivity contribution is -0.111. The number of hydrogen-bond donors (Lipinski definition) is 1. The van der Waals surface area contributed by atoms with Gasteiger partial charge in [-0.2, -0.15) is 0 Å². The van der Waals surface area contributed by atoms with Gasteiger partial charge in [0.2, 0.25) is 0 Å². The van der Waals surface area contributed by atoms with Gasteiger partial charge >= 0.3 is 0 Å². The highest BCUT2D eigenvalue weighted by atomic mass is 16.3. The Morgan fingerprint density at radius 3 is 2.39 bits per heavy atom. The third-order valence-corrected chi connectivity index (χ3v) is 13.0. The van der Waals surface area contributed by atoms with Gasteiger partial charge in [-0.15, -0.1) is 0 Å². The minimum absolute atomic E-state index is 0.0958. The van der Waals surface area contributed by atoms with Crippen molar-refractivity contribution in [3.05, 3.63) is 22.8 Å². The van der Waals surface area contributed by atoms with Crippen molar-refractivity contribution in [2.75, 3.05) is 0 Å². The number of aliphatic hydroxyl groups excluding tert-OH is 1. The third kappa shape index (κ3) is 4.50. The van der Waals surface area contributed by atoms with E-state index in [0.29, 0.717) is 22.2 Å². The average molecular weight is 497 g/mol. The molecule has 0 bridgehead atoms. The van der Waals surface area contributed by atoms with Gasteiger partial charge in [-0.1, -0.05) is 90.0 Å². The lowest BCUT2D eigenvalue weighted by Crippen LogP contribution is -2.56. The second-order valence-electron chi connectivity index (χ2n) is 15.1. The Kier molecular flexibility index (Phi) is 8.33. The molecule has 2 saturated carbocycles. The molecule has 0 amide bonds. The van der Waals surface area contributed by atoms with E-state index < -0.39 is 0 Å². The molecule has 206 valence electrons. The Morgan fingerprint density at radius 1 is 0.944 bits per heavy atom. The van der Waals surface area contributed by atoms with Crippen LogP contribution in [0.25, 0.3) is 0 Å². The number of rotatable bonds is 9. The van der Waals surface area contributed by atoms with E-state index in [9.17, 15) is 5.11 Å². The van der Waals surface area contributed by atoms with Crippen molar-refractivity contribution in [3.63, 3.8) is 0 Å². The SMILES string of the molecule is CCCCCCC1(C)C(O)CCC2(C)C3=C(CCC21)C1(C)CCC(C(C)CCC=C(C)C)C1(C)CC3. The van der Waals surface area contributed by atoms with Crippen molar-refractivity contribution >= 4 is 0 Å². The predicted molar refractivity (Wildman–Crippen MR) is 156 cm³/mol. The summed E-state index contributed by atoms with van der Waals surface area (Å²) in [4.78, 5) is 0. The zero-order valence-electron chi connectivity index (χ0n) is 25.4. The molecule has 0 saturated heterocycles. The van der Waals surface area contributed by atoms with Crippen LogP contribution in [-0.4, -0.2) is 11.2 Å². The first-order chi connectivity index (χ1) is 16.9. The summed E-state index contributed by atoms with van der Waals surface area (Å²) in [6, 6.07) is 0. The lowest BCUT2D eigenvalue weighted by Gasteiger charge is -2.63. The molecule has 0 aliphatic heterocycles. The van der Waals surface area contributed by atoms with E-state index in [2.05, 4.69) is 61.5 Å². The standard InChI is InChI=1S/C35H60O/c1-9-10-11-12-21-33(6)30-17-16-29-28(32(30,5)22-20-31(33)36)19-24-34(7)27(18-23-35(29,34)8)26(4)15-13-14-25(2)3/h14,26-27,30-31,36H,9-13,15-24H2,1-8H3. The first kappa shape index (κ1) is 28.4. The summed E-state index contributed by atoms with van der Waals surface area (Å²) in [5, 5.41) is 11.4. The van der Waals surface area contributed by atoms with Gasteiger partial charge < -0.3 is 5.11 Å². The first-order valence-electron chi connectivity index (χ1n) is 16.0. The van der Waals surface area contributed by atoms with Crippen LogP contribution in [0.2, 0.25) is 0 Å². The van der Waals surface area contributed by atoms with Gasteiger partial charge in [0.25, 0.3) is 0 Å². The normalized spacial score (nSPS) is 43.0. The third-order valence-electron chi connectivity index (χ3n) is 13.0. The van der Waals surface area contributed by atoms with E-state index in [-0.39, 0.29) is 11.5 Å². The van der Waals surface area contributed by atoms with Gasteiger partial charge in [-0.25, -0.2) is 0 Å². The first-order valence-corrected chi connectivity index (χ1v) is 16.0. The van der Waals surface area contributed by atoms with Crippen molar-refractivity contribution < 1.29 is 5.11 Å². The smallest absolute Gasteiger partial charge is 0.0597 e.